The van der Waals surface area contributed by atoms with Crippen molar-refractivity contribution in [1.82, 2.24) is 5.01 Å². The molecule has 6 nitrogen and oxygen atoms in total. The maximum absolute atomic E-state index is 13.8. The molecule has 0 aliphatic heterocycles. The van der Waals surface area contributed by atoms with Gasteiger partial charge in [-0.15, -0.1) is 0 Å². The summed E-state index contributed by atoms with van der Waals surface area (Å²) in [5, 5.41) is 14.9. The monoisotopic (exact) mass is 300 g/mol. The number of halogens is 1. The highest BCUT2D eigenvalue weighted by molar-refractivity contribution is 7.80. The molecule has 0 heterocycles. The Hall–Kier alpha value is -1.80. The van der Waals surface area contributed by atoms with Crippen LogP contribution in [-0.4, -0.2) is 22.1 Å². The smallest absolute Gasteiger partial charge is 0.295 e. The van der Waals surface area contributed by atoms with E-state index < -0.39 is 10.7 Å². The van der Waals surface area contributed by atoms with E-state index in [1.165, 1.54) is 13.1 Å². The van der Waals surface area contributed by atoms with E-state index in [0.717, 1.165) is 23.9 Å². The van der Waals surface area contributed by atoms with Gasteiger partial charge in [0.1, 0.15) is 11.5 Å². The van der Waals surface area contributed by atoms with Gasteiger partial charge in [0, 0.05) is 7.05 Å². The molecule has 0 saturated carbocycles. The number of aryl methyl sites for hydroxylation is 1. The van der Waals surface area contributed by atoms with Gasteiger partial charge in [-0.05, 0) is 36.7 Å². The Morgan fingerprint density at radius 1 is 1.60 bits per heavy atom. The lowest BCUT2D eigenvalue weighted by atomic mass is 10.1. The van der Waals surface area contributed by atoms with E-state index >= 15 is 0 Å². The fourth-order valence-corrected chi connectivity index (χ4v) is 1.73. The number of nitrogens with zero attached hydrogens (tertiary/aromatic N) is 2. The average molecular weight is 300 g/mol. The summed E-state index contributed by atoms with van der Waals surface area (Å²) in [5.41, 5.74) is 0.194. The SMILES string of the molecule is CCCCc1cc(NC(=S)N(C)N)c([N+](=O)[O-])cc1F. The Kier molecular flexibility index (Phi) is 5.78. The molecule has 0 unspecified atom stereocenters. The highest BCUT2D eigenvalue weighted by atomic mass is 32.1. The molecule has 0 saturated heterocycles. The third-order valence-electron chi connectivity index (χ3n) is 2.72. The number of hydrogen-bond acceptors (Lipinski definition) is 4. The first-order chi connectivity index (χ1) is 9.36. The molecule has 0 radical (unpaired) electrons. The summed E-state index contributed by atoms with van der Waals surface area (Å²) in [4.78, 5) is 10.3. The van der Waals surface area contributed by atoms with Gasteiger partial charge >= 0.3 is 0 Å². The molecular formula is C12H17FN4O2S. The van der Waals surface area contributed by atoms with Crippen molar-refractivity contribution in [1.29, 1.82) is 0 Å². The van der Waals surface area contributed by atoms with Crippen LogP contribution in [0.15, 0.2) is 12.1 Å². The minimum Gasteiger partial charge on any atom is -0.326 e. The number of nitrogens with one attached hydrogen (secondary N) is 1. The van der Waals surface area contributed by atoms with Crippen molar-refractivity contribution in [2.45, 2.75) is 26.2 Å². The van der Waals surface area contributed by atoms with E-state index in [1.54, 1.807) is 0 Å². The first-order valence-corrected chi connectivity index (χ1v) is 6.53. The Bertz CT molecular complexity index is 522. The quantitative estimate of drug-likeness (QED) is 0.376. The second-order valence-corrected chi connectivity index (χ2v) is 4.75. The van der Waals surface area contributed by atoms with Crippen molar-refractivity contribution in [2.75, 3.05) is 12.4 Å². The average Bonchev–Trinajstić information content (AvgIpc) is 2.38. The van der Waals surface area contributed by atoms with E-state index in [9.17, 15) is 14.5 Å². The van der Waals surface area contributed by atoms with Crippen molar-refractivity contribution in [3.8, 4) is 0 Å². The van der Waals surface area contributed by atoms with Gasteiger partial charge in [0.05, 0.1) is 11.0 Å². The molecule has 0 aliphatic carbocycles. The molecular weight excluding hydrogens is 283 g/mol. The van der Waals surface area contributed by atoms with E-state index in [4.69, 9.17) is 18.1 Å². The predicted molar refractivity (Wildman–Crippen MR) is 79.8 cm³/mol. The number of thiocarbonyl (C=S) groups is 1. The number of hydrogen-bond donors (Lipinski definition) is 2. The van der Waals surface area contributed by atoms with Crippen molar-refractivity contribution in [2.24, 2.45) is 5.84 Å². The number of benzene rings is 1. The molecule has 20 heavy (non-hydrogen) atoms. The number of nitro benzene ring substituents is 1. The zero-order valence-corrected chi connectivity index (χ0v) is 12.2. The molecule has 3 N–H and O–H groups in total. The maximum atomic E-state index is 13.8. The molecule has 0 fully saturated rings. The van der Waals surface area contributed by atoms with Crippen molar-refractivity contribution >= 4 is 28.7 Å². The van der Waals surface area contributed by atoms with E-state index in [0.29, 0.717) is 12.0 Å². The van der Waals surface area contributed by atoms with Gasteiger partial charge in [-0.3, -0.25) is 15.1 Å². The van der Waals surface area contributed by atoms with Crippen LogP contribution in [0.3, 0.4) is 0 Å². The first kappa shape index (κ1) is 16.3. The first-order valence-electron chi connectivity index (χ1n) is 6.13. The third-order valence-corrected chi connectivity index (χ3v) is 3.11. The van der Waals surface area contributed by atoms with Crippen molar-refractivity contribution in [3.05, 3.63) is 33.6 Å². The predicted octanol–water partition coefficient (Wildman–Crippen LogP) is 2.58. The lowest BCUT2D eigenvalue weighted by Crippen LogP contribution is -2.36. The lowest BCUT2D eigenvalue weighted by molar-refractivity contribution is -0.384. The van der Waals surface area contributed by atoms with Crippen molar-refractivity contribution in [3.63, 3.8) is 0 Å². The van der Waals surface area contributed by atoms with Gasteiger partial charge in [-0.1, -0.05) is 13.3 Å². The summed E-state index contributed by atoms with van der Waals surface area (Å²) >= 11 is 4.94. The highest BCUT2D eigenvalue weighted by Gasteiger charge is 2.19. The lowest BCUT2D eigenvalue weighted by Gasteiger charge is -2.16. The van der Waals surface area contributed by atoms with Crippen LogP contribution in [0.1, 0.15) is 25.3 Å². The number of nitrogens with two attached hydrogens (primary N) is 1. The van der Waals surface area contributed by atoms with E-state index in [2.05, 4.69) is 5.32 Å². The summed E-state index contributed by atoms with van der Waals surface area (Å²) < 4.78 is 13.8. The summed E-state index contributed by atoms with van der Waals surface area (Å²) in [6.45, 7) is 1.99. The Morgan fingerprint density at radius 2 is 2.25 bits per heavy atom. The number of nitro groups is 1. The van der Waals surface area contributed by atoms with Gasteiger partial charge in [-0.25, -0.2) is 10.2 Å². The van der Waals surface area contributed by atoms with E-state index in [-0.39, 0.29) is 16.5 Å². The van der Waals surface area contributed by atoms with Crippen LogP contribution in [-0.2, 0) is 6.42 Å². The van der Waals surface area contributed by atoms with Crippen LogP contribution in [0.2, 0.25) is 0 Å². The van der Waals surface area contributed by atoms with Crippen LogP contribution < -0.4 is 11.2 Å². The third kappa shape index (κ3) is 4.10. The zero-order valence-electron chi connectivity index (χ0n) is 11.4. The van der Waals surface area contributed by atoms with Crippen LogP contribution in [0.5, 0.6) is 0 Å². The van der Waals surface area contributed by atoms with Gasteiger partial charge in [0.15, 0.2) is 5.11 Å². The summed E-state index contributed by atoms with van der Waals surface area (Å²) in [5.74, 6) is 4.86. The molecule has 0 amide bonds. The van der Waals surface area contributed by atoms with Crippen molar-refractivity contribution < 1.29 is 9.31 Å². The fraction of sp³-hybridized carbons (Fsp3) is 0.417. The molecule has 0 aromatic heterocycles. The topological polar surface area (TPSA) is 84.4 Å². The highest BCUT2D eigenvalue weighted by Crippen LogP contribution is 2.28. The molecule has 0 atom stereocenters. The largest absolute Gasteiger partial charge is 0.326 e. The zero-order chi connectivity index (χ0) is 15.3. The van der Waals surface area contributed by atoms with Crippen LogP contribution >= 0.6 is 12.2 Å². The van der Waals surface area contributed by atoms with Gasteiger partial charge in [-0.2, -0.15) is 0 Å². The van der Waals surface area contributed by atoms with Gasteiger partial charge < -0.3 is 5.32 Å². The molecule has 1 aromatic carbocycles. The summed E-state index contributed by atoms with van der Waals surface area (Å²) in [6.07, 6.45) is 2.22. The summed E-state index contributed by atoms with van der Waals surface area (Å²) in [7, 11) is 1.50. The van der Waals surface area contributed by atoms with Crippen LogP contribution in [0, 0.1) is 15.9 Å². The molecule has 0 bridgehead atoms. The molecule has 0 aliphatic rings. The van der Waals surface area contributed by atoms with Gasteiger partial charge in [0.25, 0.3) is 5.69 Å². The van der Waals surface area contributed by atoms with Crippen LogP contribution in [0.4, 0.5) is 15.8 Å². The standard InChI is InChI=1S/C12H17FN4O2S/c1-3-4-5-8-6-10(15-12(20)16(2)14)11(17(18)19)7-9(8)13/h6-7H,3-5,14H2,1-2H3,(H,15,20). The molecule has 8 heteroatoms. The summed E-state index contributed by atoms with van der Waals surface area (Å²) in [6, 6.07) is 2.32. The number of hydrazine groups is 1. The number of anilines is 1. The molecule has 1 aromatic rings. The molecule has 0 spiro atoms. The second kappa shape index (κ2) is 7.11. The fourth-order valence-electron chi connectivity index (χ4n) is 1.62. The van der Waals surface area contributed by atoms with Gasteiger partial charge in [0.2, 0.25) is 0 Å². The molecule has 110 valence electrons. The Morgan fingerprint density at radius 3 is 2.75 bits per heavy atom. The van der Waals surface area contributed by atoms with E-state index in [1.807, 2.05) is 6.92 Å². The minimum absolute atomic E-state index is 0.112. The minimum atomic E-state index is -0.659. The van der Waals surface area contributed by atoms with Crippen LogP contribution in [0.25, 0.3) is 0 Å². The Balaban J connectivity index is 3.16. The second-order valence-electron chi connectivity index (χ2n) is 4.36. The number of unbranched alkanes of at least 4 members (excludes halogenated alkanes) is 1. The number of rotatable bonds is 5. The maximum Gasteiger partial charge on any atom is 0.295 e. The molecule has 1 rings (SSSR count). The normalized spacial score (nSPS) is 10.2. The Labute approximate surface area is 121 Å².